The second-order valence-corrected chi connectivity index (χ2v) is 4.87. The molecule has 0 aliphatic carbocycles. The predicted octanol–water partition coefficient (Wildman–Crippen LogP) is 4.17. The first-order valence-corrected chi connectivity index (χ1v) is 7.16. The highest BCUT2D eigenvalue weighted by molar-refractivity contribution is 7.98. The zero-order valence-corrected chi connectivity index (χ0v) is 11.8. The number of para-hydroxylation sites is 1. The first-order chi connectivity index (χ1) is 9.24. The van der Waals surface area contributed by atoms with Gasteiger partial charge >= 0.3 is 0 Å². The van der Waals surface area contributed by atoms with Crippen molar-refractivity contribution < 1.29 is 9.13 Å². The van der Waals surface area contributed by atoms with Crippen LogP contribution in [0.15, 0.2) is 47.4 Å². The molecule has 1 N–H and O–H groups in total. The van der Waals surface area contributed by atoms with Gasteiger partial charge in [-0.05, 0) is 36.1 Å². The third-order valence-electron chi connectivity index (χ3n) is 2.81. The largest absolute Gasteiger partial charge is 0.494 e. The predicted molar refractivity (Wildman–Crippen MR) is 78.5 cm³/mol. The van der Waals surface area contributed by atoms with Crippen LogP contribution in [0.25, 0.3) is 0 Å². The van der Waals surface area contributed by atoms with Crippen molar-refractivity contribution in [1.29, 1.82) is 0 Å². The molecule has 0 unspecified atom stereocenters. The summed E-state index contributed by atoms with van der Waals surface area (Å²) < 4.78 is 18.5. The Labute approximate surface area is 117 Å². The second-order valence-electron chi connectivity index (χ2n) is 4.02. The van der Waals surface area contributed by atoms with Gasteiger partial charge in [0.15, 0.2) is 11.6 Å². The van der Waals surface area contributed by atoms with Crippen molar-refractivity contribution in [2.24, 2.45) is 0 Å². The van der Waals surface area contributed by atoms with Gasteiger partial charge in [0.2, 0.25) is 0 Å². The number of anilines is 1. The van der Waals surface area contributed by atoms with Crippen molar-refractivity contribution in [3.05, 3.63) is 53.8 Å². The fourth-order valence-electron chi connectivity index (χ4n) is 1.81. The highest BCUT2D eigenvalue weighted by Crippen LogP contribution is 2.25. The number of hydrogen-bond donors (Lipinski definition) is 1. The van der Waals surface area contributed by atoms with E-state index >= 15 is 0 Å². The van der Waals surface area contributed by atoms with E-state index in [9.17, 15) is 4.39 Å². The standard InChI is InChI=1S/C15H16FNOS/c1-18-14-8-7-11(9-12(14)16)10-17-13-5-3-4-6-15(13)19-2/h3-9,17H,10H2,1-2H3. The summed E-state index contributed by atoms with van der Waals surface area (Å²) in [7, 11) is 1.46. The minimum atomic E-state index is -0.333. The average molecular weight is 277 g/mol. The monoisotopic (exact) mass is 277 g/mol. The van der Waals surface area contributed by atoms with Crippen molar-refractivity contribution in [2.75, 3.05) is 18.7 Å². The molecule has 0 amide bonds. The van der Waals surface area contributed by atoms with Crippen molar-refractivity contribution in [1.82, 2.24) is 0 Å². The summed E-state index contributed by atoms with van der Waals surface area (Å²) in [5.74, 6) is -0.0618. The Morgan fingerprint density at radius 1 is 1.21 bits per heavy atom. The van der Waals surface area contributed by atoms with Gasteiger partial charge in [0.1, 0.15) is 0 Å². The first kappa shape index (κ1) is 13.7. The Hall–Kier alpha value is -1.68. The lowest BCUT2D eigenvalue weighted by atomic mass is 10.2. The fourth-order valence-corrected chi connectivity index (χ4v) is 2.38. The number of ether oxygens (including phenoxy) is 1. The van der Waals surface area contributed by atoms with Gasteiger partial charge in [-0.3, -0.25) is 0 Å². The Morgan fingerprint density at radius 3 is 2.68 bits per heavy atom. The molecule has 4 heteroatoms. The van der Waals surface area contributed by atoms with Crippen LogP contribution in [0.2, 0.25) is 0 Å². The van der Waals surface area contributed by atoms with Crippen molar-refractivity contribution in [2.45, 2.75) is 11.4 Å². The van der Waals surface area contributed by atoms with Crippen LogP contribution in [0.4, 0.5) is 10.1 Å². The maximum absolute atomic E-state index is 13.6. The van der Waals surface area contributed by atoms with Crippen LogP contribution in [-0.4, -0.2) is 13.4 Å². The van der Waals surface area contributed by atoms with E-state index in [2.05, 4.69) is 11.4 Å². The summed E-state index contributed by atoms with van der Waals surface area (Å²) in [4.78, 5) is 1.18. The molecule has 0 saturated carbocycles. The van der Waals surface area contributed by atoms with Gasteiger partial charge in [-0.25, -0.2) is 4.39 Å². The lowest BCUT2D eigenvalue weighted by Crippen LogP contribution is -2.01. The van der Waals surface area contributed by atoms with E-state index in [0.29, 0.717) is 6.54 Å². The molecular weight excluding hydrogens is 261 g/mol. The minimum Gasteiger partial charge on any atom is -0.494 e. The number of hydrogen-bond acceptors (Lipinski definition) is 3. The number of thioether (sulfide) groups is 1. The van der Waals surface area contributed by atoms with Crippen LogP contribution in [0.5, 0.6) is 5.75 Å². The van der Waals surface area contributed by atoms with Gasteiger partial charge in [0, 0.05) is 17.1 Å². The number of nitrogens with one attached hydrogen (secondary N) is 1. The molecule has 0 aliphatic rings. The quantitative estimate of drug-likeness (QED) is 0.829. The SMILES string of the molecule is COc1ccc(CNc2ccccc2SC)cc1F. The van der Waals surface area contributed by atoms with Crippen molar-refractivity contribution >= 4 is 17.4 Å². The number of methoxy groups -OCH3 is 1. The van der Waals surface area contributed by atoms with E-state index in [-0.39, 0.29) is 11.6 Å². The lowest BCUT2D eigenvalue weighted by Gasteiger charge is -2.11. The van der Waals surface area contributed by atoms with Gasteiger partial charge in [0.05, 0.1) is 7.11 Å². The summed E-state index contributed by atoms with van der Waals surface area (Å²) in [5.41, 5.74) is 1.94. The van der Waals surface area contributed by atoms with Crippen LogP contribution in [-0.2, 0) is 6.54 Å². The third kappa shape index (κ3) is 3.41. The highest BCUT2D eigenvalue weighted by Gasteiger charge is 2.04. The summed E-state index contributed by atoms with van der Waals surface area (Å²) >= 11 is 1.68. The molecule has 19 heavy (non-hydrogen) atoms. The summed E-state index contributed by atoms with van der Waals surface area (Å²) in [6.07, 6.45) is 2.04. The van der Waals surface area contributed by atoms with Crippen LogP contribution in [0.3, 0.4) is 0 Å². The zero-order chi connectivity index (χ0) is 13.7. The van der Waals surface area contributed by atoms with E-state index < -0.39 is 0 Å². The number of halogens is 1. The van der Waals surface area contributed by atoms with E-state index in [1.807, 2.05) is 30.5 Å². The maximum atomic E-state index is 13.6. The summed E-state index contributed by atoms with van der Waals surface area (Å²) in [6, 6.07) is 13.1. The molecule has 0 heterocycles. The normalized spacial score (nSPS) is 10.3. The topological polar surface area (TPSA) is 21.3 Å². The van der Waals surface area contributed by atoms with Crippen molar-refractivity contribution in [3.8, 4) is 5.75 Å². The van der Waals surface area contributed by atoms with Gasteiger partial charge in [-0.2, -0.15) is 0 Å². The molecule has 0 spiro atoms. The second kappa shape index (κ2) is 6.48. The van der Waals surface area contributed by atoms with E-state index in [1.165, 1.54) is 18.1 Å². The molecule has 0 aliphatic heterocycles. The van der Waals surface area contributed by atoms with Crippen LogP contribution >= 0.6 is 11.8 Å². The molecular formula is C15H16FNOS. The molecule has 0 bridgehead atoms. The molecule has 2 rings (SSSR count). The summed E-state index contributed by atoms with van der Waals surface area (Å²) in [5, 5.41) is 3.32. The minimum absolute atomic E-state index is 0.272. The number of benzene rings is 2. The number of rotatable bonds is 5. The highest BCUT2D eigenvalue weighted by atomic mass is 32.2. The average Bonchev–Trinajstić information content (AvgIpc) is 2.45. The third-order valence-corrected chi connectivity index (χ3v) is 3.60. The molecule has 0 radical (unpaired) electrons. The van der Waals surface area contributed by atoms with Gasteiger partial charge in [0.25, 0.3) is 0 Å². The van der Waals surface area contributed by atoms with E-state index in [1.54, 1.807) is 17.8 Å². The fraction of sp³-hybridized carbons (Fsp3) is 0.200. The van der Waals surface area contributed by atoms with E-state index in [4.69, 9.17) is 4.74 Å². The zero-order valence-electron chi connectivity index (χ0n) is 10.9. The van der Waals surface area contributed by atoms with Gasteiger partial charge in [-0.1, -0.05) is 18.2 Å². The molecule has 2 nitrogen and oxygen atoms in total. The van der Waals surface area contributed by atoms with Crippen molar-refractivity contribution in [3.63, 3.8) is 0 Å². The van der Waals surface area contributed by atoms with Gasteiger partial charge in [-0.15, -0.1) is 11.8 Å². The lowest BCUT2D eigenvalue weighted by molar-refractivity contribution is 0.386. The van der Waals surface area contributed by atoms with Gasteiger partial charge < -0.3 is 10.1 Å². The smallest absolute Gasteiger partial charge is 0.165 e. The molecule has 2 aromatic carbocycles. The molecule has 2 aromatic rings. The Morgan fingerprint density at radius 2 is 2.00 bits per heavy atom. The molecule has 0 fully saturated rings. The van der Waals surface area contributed by atoms with Crippen LogP contribution in [0, 0.1) is 5.82 Å². The molecule has 0 aromatic heterocycles. The molecule has 0 saturated heterocycles. The Kier molecular flexibility index (Phi) is 4.68. The molecule has 0 atom stereocenters. The maximum Gasteiger partial charge on any atom is 0.165 e. The van der Waals surface area contributed by atoms with Crippen LogP contribution < -0.4 is 10.1 Å². The Balaban J connectivity index is 2.08. The van der Waals surface area contributed by atoms with E-state index in [0.717, 1.165) is 11.3 Å². The first-order valence-electron chi connectivity index (χ1n) is 5.94. The summed E-state index contributed by atoms with van der Waals surface area (Å²) in [6.45, 7) is 0.582. The molecule has 100 valence electrons. The Bertz CT molecular complexity index is 560. The van der Waals surface area contributed by atoms with Crippen LogP contribution in [0.1, 0.15) is 5.56 Å².